The van der Waals surface area contributed by atoms with E-state index in [1.165, 1.54) is 18.1 Å². The molecule has 0 fully saturated rings. The number of aromatic amines is 1. The SMILES string of the molecule is O=C(CSc1ccccc1)N1CCc2c(nc[nH]c2=O)C1. The second-order valence-electron chi connectivity index (χ2n) is 4.82. The van der Waals surface area contributed by atoms with Gasteiger partial charge in [0.2, 0.25) is 5.91 Å². The number of nitrogens with one attached hydrogen (secondary N) is 1. The summed E-state index contributed by atoms with van der Waals surface area (Å²) in [4.78, 5) is 33.5. The summed E-state index contributed by atoms with van der Waals surface area (Å²) < 4.78 is 0. The van der Waals surface area contributed by atoms with Crippen LogP contribution in [0.5, 0.6) is 0 Å². The van der Waals surface area contributed by atoms with Crippen molar-refractivity contribution in [2.75, 3.05) is 12.3 Å². The molecule has 6 heteroatoms. The highest BCUT2D eigenvalue weighted by Crippen LogP contribution is 2.19. The number of thioether (sulfide) groups is 1. The third-order valence-electron chi connectivity index (χ3n) is 3.47. The monoisotopic (exact) mass is 301 g/mol. The Bertz CT molecular complexity index is 700. The van der Waals surface area contributed by atoms with Gasteiger partial charge < -0.3 is 9.88 Å². The van der Waals surface area contributed by atoms with Crippen molar-refractivity contribution in [2.24, 2.45) is 0 Å². The van der Waals surface area contributed by atoms with Crippen LogP contribution in [0.25, 0.3) is 0 Å². The number of H-pyrrole nitrogens is 1. The first-order chi connectivity index (χ1) is 10.2. The molecule has 0 radical (unpaired) electrons. The Labute approximate surface area is 126 Å². The molecule has 1 aliphatic rings. The van der Waals surface area contributed by atoms with E-state index < -0.39 is 0 Å². The minimum Gasteiger partial charge on any atom is -0.336 e. The molecular formula is C15H15N3O2S. The third kappa shape index (κ3) is 3.16. The fourth-order valence-corrected chi connectivity index (χ4v) is 3.15. The van der Waals surface area contributed by atoms with Gasteiger partial charge in [-0.1, -0.05) is 18.2 Å². The second-order valence-corrected chi connectivity index (χ2v) is 5.87. The molecule has 108 valence electrons. The Morgan fingerprint density at radius 3 is 2.95 bits per heavy atom. The molecule has 0 saturated carbocycles. The number of nitrogens with zero attached hydrogens (tertiary/aromatic N) is 2. The van der Waals surface area contributed by atoms with Gasteiger partial charge in [0.05, 0.1) is 24.3 Å². The van der Waals surface area contributed by atoms with E-state index >= 15 is 0 Å². The van der Waals surface area contributed by atoms with E-state index in [-0.39, 0.29) is 11.5 Å². The standard InChI is InChI=1S/C15H15N3O2S/c19-14(9-21-11-4-2-1-3-5-11)18-7-6-12-13(8-18)16-10-17-15(12)20/h1-5,10H,6-9H2,(H,16,17,20). The molecule has 1 aromatic carbocycles. The number of aromatic nitrogens is 2. The first-order valence-electron chi connectivity index (χ1n) is 6.75. The number of carbonyl (C=O) groups excluding carboxylic acids is 1. The lowest BCUT2D eigenvalue weighted by Gasteiger charge is -2.27. The minimum atomic E-state index is -0.0919. The van der Waals surface area contributed by atoms with Crippen molar-refractivity contribution in [3.63, 3.8) is 0 Å². The van der Waals surface area contributed by atoms with E-state index in [0.29, 0.717) is 36.5 Å². The number of hydrogen-bond acceptors (Lipinski definition) is 4. The summed E-state index contributed by atoms with van der Waals surface area (Å²) >= 11 is 1.53. The van der Waals surface area contributed by atoms with Crippen molar-refractivity contribution in [3.05, 3.63) is 58.3 Å². The maximum atomic E-state index is 12.3. The first kappa shape index (κ1) is 13.9. The van der Waals surface area contributed by atoms with Gasteiger partial charge in [0, 0.05) is 17.0 Å². The molecule has 0 spiro atoms. The maximum Gasteiger partial charge on any atom is 0.254 e. The molecule has 0 bridgehead atoms. The van der Waals surface area contributed by atoms with Crippen LogP contribution in [0, 0.1) is 0 Å². The van der Waals surface area contributed by atoms with E-state index in [1.54, 1.807) is 4.90 Å². The van der Waals surface area contributed by atoms with E-state index in [2.05, 4.69) is 9.97 Å². The Morgan fingerprint density at radius 2 is 2.14 bits per heavy atom. The Kier molecular flexibility index (Phi) is 4.06. The average Bonchev–Trinajstić information content (AvgIpc) is 2.53. The molecule has 21 heavy (non-hydrogen) atoms. The lowest BCUT2D eigenvalue weighted by molar-refractivity contribution is -0.129. The van der Waals surface area contributed by atoms with Crippen LogP contribution in [-0.4, -0.2) is 33.1 Å². The Balaban J connectivity index is 1.63. The average molecular weight is 301 g/mol. The third-order valence-corrected chi connectivity index (χ3v) is 4.47. The quantitative estimate of drug-likeness (QED) is 0.871. The fourth-order valence-electron chi connectivity index (χ4n) is 2.33. The maximum absolute atomic E-state index is 12.3. The summed E-state index contributed by atoms with van der Waals surface area (Å²) in [5.41, 5.74) is 1.33. The van der Waals surface area contributed by atoms with Gasteiger partial charge in [0.15, 0.2) is 0 Å². The molecule has 1 aliphatic heterocycles. The van der Waals surface area contributed by atoms with Crippen LogP contribution in [0.1, 0.15) is 11.3 Å². The lowest BCUT2D eigenvalue weighted by Crippen LogP contribution is -2.39. The van der Waals surface area contributed by atoms with E-state index in [0.717, 1.165) is 4.90 Å². The zero-order valence-electron chi connectivity index (χ0n) is 11.4. The van der Waals surface area contributed by atoms with Gasteiger partial charge in [-0.05, 0) is 18.6 Å². The number of rotatable bonds is 3. The van der Waals surface area contributed by atoms with Crippen molar-refractivity contribution in [2.45, 2.75) is 17.9 Å². The molecule has 0 unspecified atom stereocenters. The predicted octanol–water partition coefficient (Wildman–Crippen LogP) is 1.45. The molecule has 1 N–H and O–H groups in total. The molecule has 3 rings (SSSR count). The van der Waals surface area contributed by atoms with Gasteiger partial charge >= 0.3 is 0 Å². The fraction of sp³-hybridized carbons (Fsp3) is 0.267. The van der Waals surface area contributed by atoms with Crippen LogP contribution in [0.3, 0.4) is 0 Å². The predicted molar refractivity (Wildman–Crippen MR) is 81.1 cm³/mol. The highest BCUT2D eigenvalue weighted by atomic mass is 32.2. The number of amides is 1. The van der Waals surface area contributed by atoms with Crippen LogP contribution < -0.4 is 5.56 Å². The van der Waals surface area contributed by atoms with Gasteiger partial charge in [-0.25, -0.2) is 4.98 Å². The van der Waals surface area contributed by atoms with Crippen LogP contribution in [-0.2, 0) is 17.8 Å². The van der Waals surface area contributed by atoms with E-state index in [4.69, 9.17) is 0 Å². The van der Waals surface area contributed by atoms with E-state index in [9.17, 15) is 9.59 Å². The topological polar surface area (TPSA) is 66.1 Å². The van der Waals surface area contributed by atoms with Gasteiger partial charge in [0.25, 0.3) is 5.56 Å². The van der Waals surface area contributed by atoms with Crippen molar-refractivity contribution >= 4 is 17.7 Å². The second kappa shape index (κ2) is 6.13. The van der Waals surface area contributed by atoms with Gasteiger partial charge in [-0.15, -0.1) is 11.8 Å². The number of carbonyl (C=O) groups is 1. The molecule has 1 amide bonds. The van der Waals surface area contributed by atoms with E-state index in [1.807, 2.05) is 30.3 Å². The summed E-state index contributed by atoms with van der Waals surface area (Å²) in [6.45, 7) is 1.00. The number of fused-ring (bicyclic) bond motifs is 1. The molecule has 2 aromatic rings. The number of hydrogen-bond donors (Lipinski definition) is 1. The normalized spacial score (nSPS) is 13.8. The number of benzene rings is 1. The molecule has 0 aliphatic carbocycles. The van der Waals surface area contributed by atoms with Crippen molar-refractivity contribution in [1.29, 1.82) is 0 Å². The summed E-state index contributed by atoms with van der Waals surface area (Å²) in [6.07, 6.45) is 1.97. The zero-order valence-corrected chi connectivity index (χ0v) is 12.2. The van der Waals surface area contributed by atoms with Gasteiger partial charge in [0.1, 0.15) is 0 Å². The largest absolute Gasteiger partial charge is 0.336 e. The first-order valence-corrected chi connectivity index (χ1v) is 7.73. The van der Waals surface area contributed by atoms with Crippen LogP contribution in [0.15, 0.2) is 46.3 Å². The highest BCUT2D eigenvalue weighted by Gasteiger charge is 2.23. The van der Waals surface area contributed by atoms with Crippen LogP contribution in [0.4, 0.5) is 0 Å². The smallest absolute Gasteiger partial charge is 0.254 e. The summed E-state index contributed by atoms with van der Waals surface area (Å²) in [6, 6.07) is 9.85. The molecular weight excluding hydrogens is 286 g/mol. The van der Waals surface area contributed by atoms with Crippen molar-refractivity contribution in [3.8, 4) is 0 Å². The van der Waals surface area contributed by atoms with Gasteiger partial charge in [-0.3, -0.25) is 9.59 Å². The van der Waals surface area contributed by atoms with Crippen molar-refractivity contribution in [1.82, 2.24) is 14.9 Å². The zero-order chi connectivity index (χ0) is 14.7. The molecule has 0 saturated heterocycles. The highest BCUT2D eigenvalue weighted by molar-refractivity contribution is 8.00. The van der Waals surface area contributed by atoms with Gasteiger partial charge in [-0.2, -0.15) is 0 Å². The Morgan fingerprint density at radius 1 is 1.33 bits per heavy atom. The molecule has 5 nitrogen and oxygen atoms in total. The Hall–Kier alpha value is -2.08. The lowest BCUT2D eigenvalue weighted by atomic mass is 10.1. The summed E-state index contributed by atoms with van der Waals surface area (Å²) in [7, 11) is 0. The molecule has 2 heterocycles. The van der Waals surface area contributed by atoms with Crippen LogP contribution in [0.2, 0.25) is 0 Å². The van der Waals surface area contributed by atoms with Crippen molar-refractivity contribution < 1.29 is 4.79 Å². The minimum absolute atomic E-state index is 0.0802. The van der Waals surface area contributed by atoms with Crippen LogP contribution >= 0.6 is 11.8 Å². The molecule has 1 aromatic heterocycles. The molecule has 0 atom stereocenters. The summed E-state index contributed by atoms with van der Waals surface area (Å²) in [5, 5.41) is 0. The summed E-state index contributed by atoms with van der Waals surface area (Å²) in [5.74, 6) is 0.485.